The van der Waals surface area contributed by atoms with E-state index in [4.69, 9.17) is 5.53 Å². The predicted molar refractivity (Wildman–Crippen MR) is 51.8 cm³/mol. The molecule has 0 aromatic heterocycles. The van der Waals surface area contributed by atoms with Crippen molar-refractivity contribution < 1.29 is 0 Å². The Balaban J connectivity index is 2.33. The molecule has 2 rings (SSSR count). The first-order chi connectivity index (χ1) is 6.16. The summed E-state index contributed by atoms with van der Waals surface area (Å²) < 4.78 is 0. The fourth-order valence-corrected chi connectivity index (χ4v) is 3.04. The number of hydrogen-bond donors (Lipinski definition) is 0. The molecule has 70 valence electrons. The van der Waals surface area contributed by atoms with Gasteiger partial charge >= 0.3 is 0 Å². The number of azide groups is 1. The van der Waals surface area contributed by atoms with Crippen LogP contribution in [0.2, 0.25) is 0 Å². The first kappa shape index (κ1) is 8.64. The summed E-state index contributed by atoms with van der Waals surface area (Å²) in [5.74, 6) is 1.52. The molecule has 2 aliphatic carbocycles. The minimum absolute atomic E-state index is 0.275. The van der Waals surface area contributed by atoms with Crippen molar-refractivity contribution in [3.8, 4) is 0 Å². The maximum absolute atomic E-state index is 8.28. The van der Waals surface area contributed by atoms with Crippen LogP contribution in [0.1, 0.15) is 33.1 Å². The van der Waals surface area contributed by atoms with E-state index >= 15 is 0 Å². The summed E-state index contributed by atoms with van der Waals surface area (Å²) in [6, 6.07) is 0. The van der Waals surface area contributed by atoms with Crippen LogP contribution in [0.25, 0.3) is 10.4 Å². The van der Waals surface area contributed by atoms with Crippen LogP contribution in [0.15, 0.2) is 16.9 Å². The summed E-state index contributed by atoms with van der Waals surface area (Å²) in [5, 5.41) is 3.59. The molecule has 0 saturated heterocycles. The molecule has 13 heavy (non-hydrogen) atoms. The third kappa shape index (κ3) is 1.15. The van der Waals surface area contributed by atoms with Crippen molar-refractivity contribution in [1.29, 1.82) is 0 Å². The van der Waals surface area contributed by atoms with Crippen LogP contribution in [-0.2, 0) is 0 Å². The highest BCUT2D eigenvalue weighted by Gasteiger charge is 2.48. The van der Waals surface area contributed by atoms with Crippen molar-refractivity contribution in [1.82, 2.24) is 0 Å². The van der Waals surface area contributed by atoms with Crippen LogP contribution in [0.5, 0.6) is 0 Å². The van der Waals surface area contributed by atoms with E-state index < -0.39 is 0 Å². The Morgan fingerprint density at radius 3 is 2.85 bits per heavy atom. The van der Waals surface area contributed by atoms with Gasteiger partial charge in [0.2, 0.25) is 0 Å². The first-order valence-corrected chi connectivity index (χ1v) is 4.91. The normalized spacial score (nSPS) is 37.8. The second kappa shape index (κ2) is 2.78. The fraction of sp³-hybridized carbons (Fsp3) is 0.800. The molecule has 0 heterocycles. The quantitative estimate of drug-likeness (QED) is 0.333. The molecule has 0 aromatic rings. The van der Waals surface area contributed by atoms with Crippen LogP contribution >= 0.6 is 0 Å². The molecular formula is C10H15N3. The van der Waals surface area contributed by atoms with Gasteiger partial charge in [-0.1, -0.05) is 24.5 Å². The van der Waals surface area contributed by atoms with Gasteiger partial charge < -0.3 is 0 Å². The lowest BCUT2D eigenvalue weighted by molar-refractivity contribution is 0.287. The van der Waals surface area contributed by atoms with Crippen LogP contribution in [-0.4, -0.2) is 0 Å². The molecule has 2 bridgehead atoms. The van der Waals surface area contributed by atoms with E-state index in [1.165, 1.54) is 24.8 Å². The maximum Gasteiger partial charge on any atom is 0.00475 e. The molecule has 2 atom stereocenters. The van der Waals surface area contributed by atoms with E-state index in [0.29, 0.717) is 5.92 Å². The third-order valence-electron chi connectivity index (χ3n) is 3.89. The molecule has 0 amide bonds. The average molecular weight is 177 g/mol. The summed E-state index contributed by atoms with van der Waals surface area (Å²) in [4.78, 5) is 2.80. The topological polar surface area (TPSA) is 48.8 Å². The zero-order valence-electron chi connectivity index (χ0n) is 8.20. The fourth-order valence-electron chi connectivity index (χ4n) is 3.04. The van der Waals surface area contributed by atoms with Crippen LogP contribution in [0, 0.1) is 17.3 Å². The van der Waals surface area contributed by atoms with E-state index in [9.17, 15) is 0 Å². The van der Waals surface area contributed by atoms with Crippen molar-refractivity contribution in [2.45, 2.75) is 33.1 Å². The van der Waals surface area contributed by atoms with Gasteiger partial charge in [0, 0.05) is 11.1 Å². The minimum atomic E-state index is 0.275. The van der Waals surface area contributed by atoms with E-state index in [0.717, 1.165) is 5.92 Å². The highest BCUT2D eigenvalue weighted by molar-refractivity contribution is 5.25. The number of hydrogen-bond acceptors (Lipinski definition) is 1. The number of rotatable bonds is 1. The molecule has 0 spiro atoms. The maximum atomic E-state index is 8.28. The first-order valence-electron chi connectivity index (χ1n) is 4.91. The highest BCUT2D eigenvalue weighted by Crippen LogP contribution is 2.58. The van der Waals surface area contributed by atoms with Crippen molar-refractivity contribution in [2.75, 3.05) is 0 Å². The van der Waals surface area contributed by atoms with Gasteiger partial charge in [-0.3, -0.25) is 0 Å². The van der Waals surface area contributed by atoms with Gasteiger partial charge in [0.1, 0.15) is 0 Å². The molecule has 0 aromatic carbocycles. The lowest BCUT2D eigenvalue weighted by Gasteiger charge is -2.32. The van der Waals surface area contributed by atoms with Gasteiger partial charge in [-0.25, -0.2) is 0 Å². The molecule has 0 N–H and O–H groups in total. The molecule has 2 fully saturated rings. The third-order valence-corrected chi connectivity index (χ3v) is 3.89. The predicted octanol–water partition coefficient (Wildman–Crippen LogP) is 3.64. The van der Waals surface area contributed by atoms with E-state index in [2.05, 4.69) is 23.9 Å². The minimum Gasteiger partial charge on any atom is -0.0686 e. The molecule has 3 nitrogen and oxygen atoms in total. The summed E-state index contributed by atoms with van der Waals surface area (Å²) in [6.07, 6.45) is 5.70. The molecule has 2 unspecified atom stereocenters. The van der Waals surface area contributed by atoms with Crippen LogP contribution in [0.4, 0.5) is 0 Å². The Hall–Kier alpha value is -0.950. The Morgan fingerprint density at radius 1 is 1.54 bits per heavy atom. The van der Waals surface area contributed by atoms with Gasteiger partial charge in [0.15, 0.2) is 0 Å². The zero-order valence-corrected chi connectivity index (χ0v) is 8.20. The molecule has 2 saturated carbocycles. The summed E-state index contributed by atoms with van der Waals surface area (Å²) >= 11 is 0. The van der Waals surface area contributed by atoms with Crippen LogP contribution < -0.4 is 0 Å². The van der Waals surface area contributed by atoms with E-state index in [1.54, 1.807) is 6.20 Å². The Bertz CT molecular complexity index is 297. The Labute approximate surface area is 78.5 Å². The lowest BCUT2D eigenvalue weighted by atomic mass is 9.73. The molecule has 2 aliphatic rings. The van der Waals surface area contributed by atoms with E-state index in [1.807, 2.05) is 0 Å². The number of nitrogens with zero attached hydrogens (tertiary/aromatic N) is 3. The second-order valence-electron chi connectivity index (χ2n) is 4.72. The van der Waals surface area contributed by atoms with Crippen molar-refractivity contribution in [3.05, 3.63) is 22.2 Å². The van der Waals surface area contributed by atoms with Gasteiger partial charge in [0.25, 0.3) is 0 Å². The second-order valence-corrected chi connectivity index (χ2v) is 4.72. The number of fused-ring (bicyclic) bond motifs is 2. The Morgan fingerprint density at radius 2 is 2.31 bits per heavy atom. The lowest BCUT2D eigenvalue weighted by Crippen LogP contribution is -2.22. The van der Waals surface area contributed by atoms with E-state index in [-0.39, 0.29) is 5.41 Å². The van der Waals surface area contributed by atoms with Crippen LogP contribution in [0.3, 0.4) is 0 Å². The SMILES string of the molecule is CC1(C)/C(=C/N=[N+]=[N-])C2CCC1C2. The highest BCUT2D eigenvalue weighted by atomic mass is 15.1. The van der Waals surface area contributed by atoms with Gasteiger partial charge in [0.05, 0.1) is 0 Å². The standard InChI is InChI=1S/C10H15N3/c1-10(2)8-4-3-7(5-8)9(10)6-12-13-11/h6-8H,3-5H2,1-2H3/b9-6+. The van der Waals surface area contributed by atoms with Crippen molar-refractivity contribution in [2.24, 2.45) is 22.4 Å². The number of allylic oxidation sites excluding steroid dienone is 1. The summed E-state index contributed by atoms with van der Waals surface area (Å²) in [6.45, 7) is 4.55. The van der Waals surface area contributed by atoms with Gasteiger partial charge in [-0.15, -0.1) is 0 Å². The zero-order chi connectivity index (χ0) is 9.47. The summed E-state index contributed by atoms with van der Waals surface area (Å²) in [7, 11) is 0. The largest absolute Gasteiger partial charge is 0.0686 e. The van der Waals surface area contributed by atoms with Gasteiger partial charge in [-0.05, 0) is 42.0 Å². The monoisotopic (exact) mass is 177 g/mol. The summed E-state index contributed by atoms with van der Waals surface area (Å²) in [5.41, 5.74) is 9.93. The molecule has 0 aliphatic heterocycles. The van der Waals surface area contributed by atoms with Crippen molar-refractivity contribution in [3.63, 3.8) is 0 Å². The average Bonchev–Trinajstić information content (AvgIpc) is 2.60. The molecule has 3 heteroatoms. The molecule has 0 radical (unpaired) electrons. The van der Waals surface area contributed by atoms with Crippen molar-refractivity contribution >= 4 is 0 Å². The molecular weight excluding hydrogens is 162 g/mol. The smallest absolute Gasteiger partial charge is 0.00475 e. The van der Waals surface area contributed by atoms with Gasteiger partial charge in [-0.2, -0.15) is 0 Å². The Kier molecular flexibility index (Phi) is 1.85.